The monoisotopic (exact) mass is 531 g/mol. The Morgan fingerprint density at radius 2 is 1.43 bits per heavy atom. The molecule has 0 spiro atoms. The molecule has 3 aromatic carbocycles. The summed E-state index contributed by atoms with van der Waals surface area (Å²) >= 11 is 0. The Balaban J connectivity index is 1.90. The number of hydrogen-bond acceptors (Lipinski definition) is 4. The minimum Gasteiger partial charge on any atom is -0.457 e. The molecule has 0 unspecified atom stereocenters. The Hall–Kier alpha value is -3.47. The molecule has 11 heteroatoms. The fourth-order valence-electron chi connectivity index (χ4n) is 3.57. The lowest BCUT2D eigenvalue weighted by Gasteiger charge is -2.29. The average molecular weight is 531 g/mol. The van der Waals surface area contributed by atoms with E-state index in [4.69, 9.17) is 4.74 Å². The molecular formula is C26H24F7NO3. The van der Waals surface area contributed by atoms with Crippen LogP contribution in [0.4, 0.5) is 36.4 Å². The number of nitrogens with zero attached hydrogens (tertiary/aromatic N) is 1. The van der Waals surface area contributed by atoms with Gasteiger partial charge in [-0.1, -0.05) is 24.3 Å². The minimum atomic E-state index is -4.92. The van der Waals surface area contributed by atoms with Crippen LogP contribution in [-0.2, 0) is 6.54 Å². The van der Waals surface area contributed by atoms with E-state index in [1.165, 1.54) is 24.3 Å². The predicted octanol–water partition coefficient (Wildman–Crippen LogP) is 7.26. The second kappa shape index (κ2) is 11.3. The summed E-state index contributed by atoms with van der Waals surface area (Å²) in [6, 6.07) is 16.3. The van der Waals surface area contributed by atoms with E-state index in [1.807, 2.05) is 19.9 Å². The van der Waals surface area contributed by atoms with Crippen LogP contribution in [0.15, 0.2) is 66.7 Å². The molecule has 3 aromatic rings. The molecule has 0 radical (unpaired) electrons. The van der Waals surface area contributed by atoms with Crippen LogP contribution in [0, 0.1) is 13.8 Å². The van der Waals surface area contributed by atoms with Crippen LogP contribution in [0.1, 0.15) is 16.7 Å². The zero-order valence-corrected chi connectivity index (χ0v) is 19.8. The first-order valence-electron chi connectivity index (χ1n) is 11.0. The lowest BCUT2D eigenvalue weighted by Crippen LogP contribution is -2.40. The van der Waals surface area contributed by atoms with E-state index in [9.17, 15) is 35.8 Å². The van der Waals surface area contributed by atoms with Crippen LogP contribution < -0.4 is 14.4 Å². The molecule has 0 bridgehead atoms. The van der Waals surface area contributed by atoms with Crippen LogP contribution in [0.3, 0.4) is 0 Å². The van der Waals surface area contributed by atoms with E-state index in [-0.39, 0.29) is 17.8 Å². The van der Waals surface area contributed by atoms with Crippen molar-refractivity contribution in [3.8, 4) is 17.2 Å². The molecule has 200 valence electrons. The normalized spacial score (nSPS) is 12.9. The molecular weight excluding hydrogens is 507 g/mol. The Kier molecular flexibility index (Phi) is 8.57. The Labute approximate surface area is 208 Å². The van der Waals surface area contributed by atoms with Gasteiger partial charge in [-0.2, -0.15) is 30.7 Å². The molecule has 4 nitrogen and oxygen atoms in total. The number of ether oxygens (including phenoxy) is 2. The van der Waals surface area contributed by atoms with Crippen molar-refractivity contribution < 1.29 is 45.3 Å². The topological polar surface area (TPSA) is 41.9 Å². The summed E-state index contributed by atoms with van der Waals surface area (Å²) in [4.78, 5) is 1.16. The number of anilines is 1. The summed E-state index contributed by atoms with van der Waals surface area (Å²) < 4.78 is 101. The number of benzene rings is 3. The SMILES string of the molecule is Cc1cc(C)cc(Oc2cccc(N(Cc3cccc(OC(F)(F)C(F)F)c3)C[C@@H](O)C(F)(F)F)c2)c1. The fraction of sp³-hybridized carbons (Fsp3) is 0.308. The summed E-state index contributed by atoms with van der Waals surface area (Å²) in [5.41, 5.74) is 2.30. The van der Waals surface area contributed by atoms with Gasteiger partial charge in [0.05, 0.1) is 6.54 Å². The molecule has 0 heterocycles. The molecule has 0 amide bonds. The molecule has 37 heavy (non-hydrogen) atoms. The molecule has 3 rings (SSSR count). The number of aliphatic hydroxyl groups is 1. The highest BCUT2D eigenvalue weighted by atomic mass is 19.4. The van der Waals surface area contributed by atoms with Crippen molar-refractivity contribution in [1.29, 1.82) is 0 Å². The third-order valence-corrected chi connectivity index (χ3v) is 5.16. The quantitative estimate of drug-likeness (QED) is 0.280. The first-order valence-corrected chi connectivity index (χ1v) is 11.0. The molecule has 0 saturated carbocycles. The number of halogens is 7. The van der Waals surface area contributed by atoms with Crippen molar-refractivity contribution in [3.05, 3.63) is 83.4 Å². The molecule has 0 aromatic heterocycles. The average Bonchev–Trinajstić information content (AvgIpc) is 2.77. The van der Waals surface area contributed by atoms with Gasteiger partial charge in [0.1, 0.15) is 17.2 Å². The molecule has 0 saturated heterocycles. The lowest BCUT2D eigenvalue weighted by molar-refractivity contribution is -0.253. The van der Waals surface area contributed by atoms with Crippen LogP contribution in [-0.4, -0.2) is 36.5 Å². The highest BCUT2D eigenvalue weighted by molar-refractivity contribution is 5.52. The van der Waals surface area contributed by atoms with E-state index >= 15 is 0 Å². The maximum Gasteiger partial charge on any atom is 0.461 e. The zero-order chi connectivity index (χ0) is 27.4. The molecule has 0 fully saturated rings. The Morgan fingerprint density at radius 3 is 2.05 bits per heavy atom. The maximum absolute atomic E-state index is 13.3. The Morgan fingerprint density at radius 1 is 0.811 bits per heavy atom. The summed E-state index contributed by atoms with van der Waals surface area (Å²) in [7, 11) is 0. The van der Waals surface area contributed by atoms with Crippen molar-refractivity contribution in [2.24, 2.45) is 0 Å². The predicted molar refractivity (Wildman–Crippen MR) is 124 cm³/mol. The number of aryl methyl sites for hydroxylation is 2. The molecule has 1 N–H and O–H groups in total. The summed E-state index contributed by atoms with van der Waals surface area (Å²) in [6.45, 7) is 2.57. The minimum absolute atomic E-state index is 0.178. The van der Waals surface area contributed by atoms with Crippen LogP contribution in [0.25, 0.3) is 0 Å². The van der Waals surface area contributed by atoms with E-state index in [1.54, 1.807) is 24.3 Å². The smallest absolute Gasteiger partial charge is 0.457 e. The highest BCUT2D eigenvalue weighted by Crippen LogP contribution is 2.32. The fourth-order valence-corrected chi connectivity index (χ4v) is 3.57. The van der Waals surface area contributed by atoms with Gasteiger partial charge in [0.2, 0.25) is 0 Å². The van der Waals surface area contributed by atoms with Crippen molar-refractivity contribution in [3.63, 3.8) is 0 Å². The largest absolute Gasteiger partial charge is 0.461 e. The standard InChI is InChI=1S/C26H24F7NO3/c1-16-9-17(2)11-22(10-16)36-20-7-4-6-19(13-20)34(15-23(35)25(29,30)31)14-18-5-3-8-21(12-18)37-26(32,33)24(27)28/h3-13,23-24,35H,14-15H2,1-2H3/t23-/m1/s1. The summed E-state index contributed by atoms with van der Waals surface area (Å²) in [6.07, 6.45) is -16.5. The van der Waals surface area contributed by atoms with Gasteiger partial charge in [0, 0.05) is 18.3 Å². The molecule has 0 aliphatic heterocycles. The third-order valence-electron chi connectivity index (χ3n) is 5.16. The van der Waals surface area contributed by atoms with Crippen molar-refractivity contribution in [2.75, 3.05) is 11.4 Å². The van der Waals surface area contributed by atoms with Gasteiger partial charge in [0.15, 0.2) is 6.10 Å². The number of aliphatic hydroxyl groups excluding tert-OH is 1. The van der Waals surface area contributed by atoms with Crippen molar-refractivity contribution in [2.45, 2.75) is 45.2 Å². The number of rotatable bonds is 10. The van der Waals surface area contributed by atoms with Gasteiger partial charge in [-0.05, 0) is 66.9 Å². The number of hydrogen-bond donors (Lipinski definition) is 1. The maximum atomic E-state index is 13.3. The van der Waals surface area contributed by atoms with Gasteiger partial charge in [-0.3, -0.25) is 0 Å². The van der Waals surface area contributed by atoms with E-state index < -0.39 is 37.1 Å². The first kappa shape index (κ1) is 28.1. The summed E-state index contributed by atoms with van der Waals surface area (Å²) in [5.74, 6) is 0.231. The highest BCUT2D eigenvalue weighted by Gasteiger charge is 2.44. The lowest BCUT2D eigenvalue weighted by atomic mass is 10.1. The van der Waals surface area contributed by atoms with Crippen LogP contribution in [0.5, 0.6) is 17.2 Å². The Bertz CT molecular complexity index is 1180. The second-order valence-electron chi connectivity index (χ2n) is 8.47. The van der Waals surface area contributed by atoms with Gasteiger partial charge in [0.25, 0.3) is 0 Å². The van der Waals surface area contributed by atoms with Gasteiger partial charge in [-0.25, -0.2) is 0 Å². The third kappa shape index (κ3) is 8.01. The van der Waals surface area contributed by atoms with E-state index in [2.05, 4.69) is 4.74 Å². The van der Waals surface area contributed by atoms with Crippen LogP contribution in [0.2, 0.25) is 0 Å². The number of alkyl halides is 7. The second-order valence-corrected chi connectivity index (χ2v) is 8.47. The van der Waals surface area contributed by atoms with Crippen molar-refractivity contribution >= 4 is 5.69 Å². The summed E-state index contributed by atoms with van der Waals surface area (Å²) in [5, 5.41) is 9.72. The molecule has 0 aliphatic rings. The van der Waals surface area contributed by atoms with Gasteiger partial charge < -0.3 is 19.5 Å². The van der Waals surface area contributed by atoms with Crippen molar-refractivity contribution in [1.82, 2.24) is 0 Å². The first-order chi connectivity index (χ1) is 17.2. The van der Waals surface area contributed by atoms with E-state index in [0.717, 1.165) is 28.2 Å². The molecule has 1 atom stereocenters. The van der Waals surface area contributed by atoms with Gasteiger partial charge in [-0.15, -0.1) is 0 Å². The zero-order valence-electron chi connectivity index (χ0n) is 19.8. The van der Waals surface area contributed by atoms with Crippen LogP contribution >= 0.6 is 0 Å². The molecule has 0 aliphatic carbocycles. The van der Waals surface area contributed by atoms with E-state index in [0.29, 0.717) is 11.5 Å². The van der Waals surface area contributed by atoms with Gasteiger partial charge >= 0.3 is 18.7 Å².